The molecule has 2 aromatic carbocycles. The average Bonchev–Trinajstić information content (AvgIpc) is 2.67. The summed E-state index contributed by atoms with van der Waals surface area (Å²) in [6, 6.07) is 14.2. The van der Waals surface area contributed by atoms with Gasteiger partial charge in [0, 0.05) is 4.90 Å². The highest BCUT2D eigenvalue weighted by molar-refractivity contribution is 8.00. The predicted molar refractivity (Wildman–Crippen MR) is 106 cm³/mol. The zero-order valence-electron chi connectivity index (χ0n) is 15.0. The Bertz CT molecular complexity index is 771. The Balaban J connectivity index is 1.73. The van der Waals surface area contributed by atoms with E-state index in [0.29, 0.717) is 17.4 Å². The van der Waals surface area contributed by atoms with E-state index in [9.17, 15) is 9.59 Å². The van der Waals surface area contributed by atoms with Crippen molar-refractivity contribution in [3.63, 3.8) is 0 Å². The molecule has 0 saturated carbocycles. The molecular weight excluding hydrogens is 388 g/mol. The summed E-state index contributed by atoms with van der Waals surface area (Å²) in [5.41, 5.74) is 4.71. The summed E-state index contributed by atoms with van der Waals surface area (Å²) in [5.74, 6) is 0.575. The van der Waals surface area contributed by atoms with Crippen LogP contribution in [0.15, 0.2) is 53.4 Å². The second-order valence-corrected chi connectivity index (χ2v) is 6.85. The molecule has 0 aliphatic carbocycles. The molecule has 0 aromatic heterocycles. The second-order valence-electron chi connectivity index (χ2n) is 5.42. The zero-order chi connectivity index (χ0) is 19.6. The highest BCUT2D eigenvalue weighted by Gasteiger charge is 2.15. The molecule has 0 aliphatic heterocycles. The van der Waals surface area contributed by atoms with Crippen LogP contribution in [0.3, 0.4) is 0 Å². The lowest BCUT2D eigenvalue weighted by Gasteiger charge is -2.15. The molecule has 27 heavy (non-hydrogen) atoms. The number of rotatable bonds is 8. The summed E-state index contributed by atoms with van der Waals surface area (Å²) in [5, 5.41) is 0.580. The van der Waals surface area contributed by atoms with E-state index in [-0.39, 0.29) is 11.7 Å². The van der Waals surface area contributed by atoms with Crippen LogP contribution >= 0.6 is 23.4 Å². The van der Waals surface area contributed by atoms with E-state index in [1.807, 2.05) is 25.1 Å². The van der Waals surface area contributed by atoms with E-state index in [1.54, 1.807) is 37.3 Å². The molecule has 0 spiro atoms. The van der Waals surface area contributed by atoms with Gasteiger partial charge >= 0.3 is 0 Å². The quantitative estimate of drug-likeness (QED) is 0.516. The summed E-state index contributed by atoms with van der Waals surface area (Å²) in [6.45, 7) is 4.07. The fourth-order valence-corrected chi connectivity index (χ4v) is 3.05. The van der Waals surface area contributed by atoms with Crippen LogP contribution in [0.1, 0.15) is 13.8 Å². The fraction of sp³-hybridized carbons (Fsp3) is 0.263. The molecule has 0 saturated heterocycles. The number of amides is 2. The van der Waals surface area contributed by atoms with E-state index in [0.717, 1.165) is 10.6 Å². The Hall–Kier alpha value is -2.38. The normalized spacial score (nSPS) is 11.4. The van der Waals surface area contributed by atoms with Crippen molar-refractivity contribution in [2.75, 3.05) is 12.4 Å². The molecule has 2 amide bonds. The number of benzene rings is 2. The molecule has 0 fully saturated rings. The van der Waals surface area contributed by atoms with E-state index in [4.69, 9.17) is 21.1 Å². The van der Waals surface area contributed by atoms with Gasteiger partial charge in [-0.3, -0.25) is 20.4 Å². The van der Waals surface area contributed by atoms with E-state index >= 15 is 0 Å². The van der Waals surface area contributed by atoms with E-state index in [2.05, 4.69) is 10.9 Å². The predicted octanol–water partition coefficient (Wildman–Crippen LogP) is 3.45. The van der Waals surface area contributed by atoms with E-state index in [1.165, 1.54) is 11.8 Å². The van der Waals surface area contributed by atoms with Crippen molar-refractivity contribution >= 4 is 35.2 Å². The summed E-state index contributed by atoms with van der Waals surface area (Å²) in [6.07, 6.45) is -0.778. The maximum atomic E-state index is 12.0. The Morgan fingerprint density at radius 2 is 1.74 bits per heavy atom. The minimum absolute atomic E-state index is 0.123. The molecule has 2 rings (SSSR count). The third-order valence-electron chi connectivity index (χ3n) is 3.34. The van der Waals surface area contributed by atoms with Crippen LogP contribution in [-0.4, -0.2) is 30.3 Å². The largest absolute Gasteiger partial charge is 0.494 e. The first kappa shape index (κ1) is 20.9. The number of carbonyl (C=O) groups excluding carboxylic acids is 2. The van der Waals surface area contributed by atoms with Crippen LogP contribution in [0.5, 0.6) is 11.5 Å². The molecular formula is C19H21ClN2O4S. The Kier molecular flexibility index (Phi) is 8.29. The monoisotopic (exact) mass is 408 g/mol. The van der Waals surface area contributed by atoms with Crippen LogP contribution in [0.25, 0.3) is 0 Å². The van der Waals surface area contributed by atoms with Crippen molar-refractivity contribution in [2.24, 2.45) is 0 Å². The van der Waals surface area contributed by atoms with Crippen molar-refractivity contribution < 1.29 is 19.1 Å². The van der Waals surface area contributed by atoms with Gasteiger partial charge in [-0.2, -0.15) is 0 Å². The lowest BCUT2D eigenvalue weighted by atomic mass is 10.3. The van der Waals surface area contributed by atoms with Gasteiger partial charge < -0.3 is 9.47 Å². The van der Waals surface area contributed by atoms with Crippen LogP contribution in [0, 0.1) is 0 Å². The highest BCUT2D eigenvalue weighted by atomic mass is 35.5. The lowest BCUT2D eigenvalue weighted by Crippen LogP contribution is -2.47. The third kappa shape index (κ3) is 7.03. The van der Waals surface area contributed by atoms with E-state index < -0.39 is 12.0 Å². The summed E-state index contributed by atoms with van der Waals surface area (Å²) in [7, 11) is 0. The van der Waals surface area contributed by atoms with Gasteiger partial charge in [0.15, 0.2) is 6.10 Å². The van der Waals surface area contributed by atoms with Gasteiger partial charge in [-0.05, 0) is 50.2 Å². The molecule has 2 aromatic rings. The number of nitrogens with one attached hydrogen (secondary N) is 2. The van der Waals surface area contributed by atoms with Gasteiger partial charge in [0.1, 0.15) is 11.5 Å². The van der Waals surface area contributed by atoms with Crippen molar-refractivity contribution in [2.45, 2.75) is 24.8 Å². The van der Waals surface area contributed by atoms with Gasteiger partial charge in [-0.15, -0.1) is 11.8 Å². The number of hydrogen-bond donors (Lipinski definition) is 2. The van der Waals surface area contributed by atoms with Crippen molar-refractivity contribution in [3.05, 3.63) is 53.6 Å². The van der Waals surface area contributed by atoms with Crippen molar-refractivity contribution in [1.29, 1.82) is 0 Å². The first-order valence-electron chi connectivity index (χ1n) is 8.35. The van der Waals surface area contributed by atoms with Crippen LogP contribution in [0.4, 0.5) is 0 Å². The molecule has 0 radical (unpaired) electrons. The molecule has 6 nitrogen and oxygen atoms in total. The molecule has 0 aliphatic rings. The first-order valence-corrected chi connectivity index (χ1v) is 9.71. The number of carbonyl (C=O) groups is 2. The molecule has 0 heterocycles. The Morgan fingerprint density at radius 3 is 2.41 bits per heavy atom. The minimum Gasteiger partial charge on any atom is -0.494 e. The second kappa shape index (κ2) is 10.7. The highest BCUT2D eigenvalue weighted by Crippen LogP contribution is 2.26. The number of thioether (sulfide) groups is 1. The van der Waals surface area contributed by atoms with Crippen molar-refractivity contribution in [3.8, 4) is 11.5 Å². The third-order valence-corrected chi connectivity index (χ3v) is 4.85. The summed E-state index contributed by atoms with van der Waals surface area (Å²) < 4.78 is 10.9. The molecule has 1 atom stereocenters. The zero-order valence-corrected chi connectivity index (χ0v) is 16.6. The molecule has 1 unspecified atom stereocenters. The smallest absolute Gasteiger partial charge is 0.279 e. The van der Waals surface area contributed by atoms with Gasteiger partial charge in [0.05, 0.1) is 17.4 Å². The number of hydrazine groups is 1. The topological polar surface area (TPSA) is 76.7 Å². The Morgan fingerprint density at radius 1 is 1.07 bits per heavy atom. The number of halogens is 1. The Labute approximate surface area is 167 Å². The SMILES string of the molecule is CCOc1ccc(OC(C)C(=O)NNC(=O)CSc2ccccc2Cl)cc1. The molecule has 144 valence electrons. The number of hydrogen-bond acceptors (Lipinski definition) is 5. The van der Waals surface area contributed by atoms with Crippen LogP contribution in [-0.2, 0) is 9.59 Å². The lowest BCUT2D eigenvalue weighted by molar-refractivity contribution is -0.131. The van der Waals surface area contributed by atoms with Crippen molar-refractivity contribution in [1.82, 2.24) is 10.9 Å². The first-order chi connectivity index (χ1) is 13.0. The van der Waals surface area contributed by atoms with Gasteiger partial charge in [0.25, 0.3) is 5.91 Å². The van der Waals surface area contributed by atoms with Crippen LogP contribution in [0.2, 0.25) is 5.02 Å². The van der Waals surface area contributed by atoms with Gasteiger partial charge in [0.2, 0.25) is 5.91 Å². The minimum atomic E-state index is -0.778. The fourth-order valence-electron chi connectivity index (χ4n) is 2.01. The molecule has 8 heteroatoms. The average molecular weight is 409 g/mol. The number of ether oxygens (including phenoxy) is 2. The van der Waals surface area contributed by atoms with Gasteiger partial charge in [-0.25, -0.2) is 0 Å². The summed E-state index contributed by atoms with van der Waals surface area (Å²) in [4.78, 5) is 24.7. The molecule has 0 bridgehead atoms. The maximum absolute atomic E-state index is 12.0. The van der Waals surface area contributed by atoms with Crippen LogP contribution < -0.4 is 20.3 Å². The molecule has 2 N–H and O–H groups in total. The summed E-state index contributed by atoms with van der Waals surface area (Å²) >= 11 is 7.32. The van der Waals surface area contributed by atoms with Gasteiger partial charge in [-0.1, -0.05) is 23.7 Å². The standard InChI is InChI=1S/C19H21ClN2O4S/c1-3-25-14-8-10-15(11-9-14)26-13(2)19(24)22-21-18(23)12-27-17-7-5-4-6-16(17)20/h4-11,13H,3,12H2,1-2H3,(H,21,23)(H,22,24). The maximum Gasteiger partial charge on any atom is 0.279 e.